The number of rotatable bonds is 10. The van der Waals surface area contributed by atoms with Gasteiger partial charge < -0.3 is 5.32 Å². The summed E-state index contributed by atoms with van der Waals surface area (Å²) < 4.78 is 0. The first-order valence-electron chi connectivity index (χ1n) is 8.35. The molecule has 0 aliphatic carbocycles. The van der Waals surface area contributed by atoms with Crippen molar-refractivity contribution in [3.05, 3.63) is 0 Å². The minimum absolute atomic E-state index is 0.0841. The Morgan fingerprint density at radius 2 is 1.70 bits per heavy atom. The Balaban J connectivity index is 4.09. The molecule has 120 valence electrons. The van der Waals surface area contributed by atoms with Crippen LogP contribution in [0.25, 0.3) is 0 Å². The summed E-state index contributed by atoms with van der Waals surface area (Å²) in [7, 11) is 0. The summed E-state index contributed by atoms with van der Waals surface area (Å²) >= 11 is 0. The predicted octanol–water partition coefficient (Wildman–Crippen LogP) is 5.17. The van der Waals surface area contributed by atoms with Crippen LogP contribution in [0.3, 0.4) is 0 Å². The molecule has 0 atom stereocenters. The zero-order valence-corrected chi connectivity index (χ0v) is 14.9. The Hall–Kier alpha value is -0.530. The van der Waals surface area contributed by atoms with Crippen molar-refractivity contribution in [2.24, 2.45) is 16.7 Å². The molecule has 0 fully saturated rings. The Kier molecular flexibility index (Phi) is 8.46. The van der Waals surface area contributed by atoms with Crippen LogP contribution in [-0.2, 0) is 4.79 Å². The van der Waals surface area contributed by atoms with Gasteiger partial charge in [-0.3, -0.25) is 4.79 Å². The summed E-state index contributed by atoms with van der Waals surface area (Å²) in [5.74, 6) is 0.934. The summed E-state index contributed by atoms with van der Waals surface area (Å²) in [4.78, 5) is 12.0. The summed E-state index contributed by atoms with van der Waals surface area (Å²) in [6.07, 6.45) is 6.46. The lowest BCUT2D eigenvalue weighted by molar-refractivity contribution is -0.123. The Labute approximate surface area is 127 Å². The van der Waals surface area contributed by atoms with Crippen LogP contribution < -0.4 is 5.32 Å². The highest BCUT2D eigenvalue weighted by atomic mass is 16.1. The van der Waals surface area contributed by atoms with Crippen molar-refractivity contribution in [3.63, 3.8) is 0 Å². The van der Waals surface area contributed by atoms with Gasteiger partial charge in [0.15, 0.2) is 0 Å². The van der Waals surface area contributed by atoms with Gasteiger partial charge in [-0.25, -0.2) is 0 Å². The van der Waals surface area contributed by atoms with Gasteiger partial charge in [-0.15, -0.1) is 0 Å². The SMILES string of the molecule is CCCC(C)(C)CC(C)(C)CC(=O)NCCCC(C)C. The average Bonchev–Trinajstić information content (AvgIpc) is 2.21. The summed E-state index contributed by atoms with van der Waals surface area (Å²) in [5.41, 5.74) is 0.414. The van der Waals surface area contributed by atoms with E-state index in [9.17, 15) is 4.79 Å². The van der Waals surface area contributed by atoms with Crippen molar-refractivity contribution < 1.29 is 4.79 Å². The van der Waals surface area contributed by atoms with E-state index in [2.05, 4.69) is 53.8 Å². The van der Waals surface area contributed by atoms with Crippen molar-refractivity contribution in [3.8, 4) is 0 Å². The van der Waals surface area contributed by atoms with Crippen molar-refractivity contribution >= 4 is 5.91 Å². The zero-order valence-electron chi connectivity index (χ0n) is 14.9. The number of carbonyl (C=O) groups excluding carboxylic acids is 1. The minimum Gasteiger partial charge on any atom is -0.356 e. The van der Waals surface area contributed by atoms with Gasteiger partial charge in [0.1, 0.15) is 0 Å². The molecule has 0 spiro atoms. The minimum atomic E-state index is 0.0841. The third-order valence-corrected chi connectivity index (χ3v) is 3.80. The maximum absolute atomic E-state index is 12.0. The van der Waals surface area contributed by atoms with Crippen LogP contribution in [0.4, 0.5) is 0 Å². The molecule has 0 aromatic rings. The van der Waals surface area contributed by atoms with Crippen LogP contribution in [0.1, 0.15) is 87.0 Å². The average molecular weight is 284 g/mol. The smallest absolute Gasteiger partial charge is 0.220 e. The molecule has 1 N–H and O–H groups in total. The molecule has 1 amide bonds. The van der Waals surface area contributed by atoms with Crippen molar-refractivity contribution in [2.75, 3.05) is 6.54 Å². The van der Waals surface area contributed by atoms with E-state index in [1.807, 2.05) is 0 Å². The highest BCUT2D eigenvalue weighted by Gasteiger charge is 2.29. The van der Waals surface area contributed by atoms with E-state index >= 15 is 0 Å². The van der Waals surface area contributed by atoms with E-state index in [-0.39, 0.29) is 11.3 Å². The van der Waals surface area contributed by atoms with Gasteiger partial charge in [-0.2, -0.15) is 0 Å². The molecule has 2 nitrogen and oxygen atoms in total. The highest BCUT2D eigenvalue weighted by molar-refractivity contribution is 5.76. The van der Waals surface area contributed by atoms with Gasteiger partial charge in [0, 0.05) is 13.0 Å². The Morgan fingerprint density at radius 3 is 2.20 bits per heavy atom. The summed E-state index contributed by atoms with van der Waals surface area (Å²) in [6.45, 7) is 16.6. The zero-order chi connectivity index (χ0) is 15.8. The second-order valence-electron chi connectivity index (χ2n) is 8.32. The second kappa shape index (κ2) is 8.69. The summed E-state index contributed by atoms with van der Waals surface area (Å²) in [5, 5.41) is 3.07. The van der Waals surface area contributed by atoms with Crippen LogP contribution >= 0.6 is 0 Å². The number of amides is 1. The third kappa shape index (κ3) is 10.3. The molecule has 20 heavy (non-hydrogen) atoms. The largest absolute Gasteiger partial charge is 0.356 e. The first kappa shape index (κ1) is 19.5. The van der Waals surface area contributed by atoms with Crippen LogP contribution in [-0.4, -0.2) is 12.5 Å². The maximum atomic E-state index is 12.0. The van der Waals surface area contributed by atoms with Gasteiger partial charge in [-0.1, -0.05) is 54.9 Å². The fraction of sp³-hybridized carbons (Fsp3) is 0.944. The highest BCUT2D eigenvalue weighted by Crippen LogP contribution is 2.38. The van der Waals surface area contributed by atoms with Gasteiger partial charge in [0.05, 0.1) is 0 Å². The Bertz CT molecular complexity index is 279. The number of nitrogens with one attached hydrogen (secondary N) is 1. The van der Waals surface area contributed by atoms with Crippen LogP contribution in [0.15, 0.2) is 0 Å². The lowest BCUT2D eigenvalue weighted by atomic mass is 9.71. The van der Waals surface area contributed by atoms with E-state index in [1.54, 1.807) is 0 Å². The monoisotopic (exact) mass is 283 g/mol. The number of carbonyl (C=O) groups is 1. The van der Waals surface area contributed by atoms with Crippen molar-refractivity contribution in [1.82, 2.24) is 5.32 Å². The molecule has 0 radical (unpaired) electrons. The molecule has 0 aliphatic heterocycles. The first-order chi connectivity index (χ1) is 9.08. The van der Waals surface area contributed by atoms with E-state index in [0.29, 0.717) is 11.8 Å². The van der Waals surface area contributed by atoms with Crippen LogP contribution in [0.2, 0.25) is 0 Å². The normalized spacial score (nSPS) is 12.8. The molecular weight excluding hydrogens is 246 g/mol. The second-order valence-corrected chi connectivity index (χ2v) is 8.32. The van der Waals surface area contributed by atoms with Crippen LogP contribution in [0, 0.1) is 16.7 Å². The quantitative estimate of drug-likeness (QED) is 0.550. The van der Waals surface area contributed by atoms with E-state index < -0.39 is 0 Å². The number of hydrogen-bond donors (Lipinski definition) is 1. The van der Waals surface area contributed by atoms with Crippen molar-refractivity contribution in [2.45, 2.75) is 87.0 Å². The maximum Gasteiger partial charge on any atom is 0.220 e. The molecule has 0 rings (SSSR count). The van der Waals surface area contributed by atoms with Crippen LogP contribution in [0.5, 0.6) is 0 Å². The first-order valence-corrected chi connectivity index (χ1v) is 8.35. The lowest BCUT2D eigenvalue weighted by Gasteiger charge is -2.34. The van der Waals surface area contributed by atoms with E-state index in [0.717, 1.165) is 25.3 Å². The van der Waals surface area contributed by atoms with Crippen molar-refractivity contribution in [1.29, 1.82) is 0 Å². The fourth-order valence-electron chi connectivity index (χ4n) is 3.36. The molecule has 0 aromatic carbocycles. The predicted molar refractivity (Wildman–Crippen MR) is 88.8 cm³/mol. The molecule has 0 heterocycles. The van der Waals surface area contributed by atoms with E-state index in [1.165, 1.54) is 19.3 Å². The molecule has 0 bridgehead atoms. The molecule has 0 saturated carbocycles. The van der Waals surface area contributed by atoms with Gasteiger partial charge in [0.25, 0.3) is 0 Å². The molecule has 0 unspecified atom stereocenters. The van der Waals surface area contributed by atoms with Gasteiger partial charge in [0.2, 0.25) is 5.91 Å². The molecule has 0 saturated heterocycles. The molecule has 0 aliphatic rings. The fourth-order valence-corrected chi connectivity index (χ4v) is 3.36. The van der Waals surface area contributed by atoms with Gasteiger partial charge >= 0.3 is 0 Å². The van der Waals surface area contributed by atoms with E-state index in [4.69, 9.17) is 0 Å². The molecule has 2 heteroatoms. The molecule has 0 aromatic heterocycles. The topological polar surface area (TPSA) is 29.1 Å². The third-order valence-electron chi connectivity index (χ3n) is 3.80. The van der Waals surface area contributed by atoms with Gasteiger partial charge in [-0.05, 0) is 42.4 Å². The number of hydrogen-bond acceptors (Lipinski definition) is 1. The Morgan fingerprint density at radius 1 is 1.10 bits per heavy atom. The lowest BCUT2D eigenvalue weighted by Crippen LogP contribution is -2.32. The summed E-state index contributed by atoms with van der Waals surface area (Å²) in [6, 6.07) is 0. The standard InChI is InChI=1S/C18H37NO/c1-8-11-17(4,5)14-18(6,7)13-16(20)19-12-9-10-15(2)3/h15H,8-14H2,1-7H3,(H,19,20). The molecular formula is C18H37NO.